The molecule has 0 saturated carbocycles. The highest BCUT2D eigenvalue weighted by atomic mass is 16.5. The number of carbonyl (C=O) groups excluding carboxylic acids is 1. The van der Waals surface area contributed by atoms with E-state index in [1.54, 1.807) is 0 Å². The van der Waals surface area contributed by atoms with Gasteiger partial charge in [-0.3, -0.25) is 14.4 Å². The van der Waals surface area contributed by atoms with E-state index < -0.39 is 0 Å². The Morgan fingerprint density at radius 3 is 2.92 bits per heavy atom. The monoisotopic (exact) mass is 362 g/mol. The van der Waals surface area contributed by atoms with Crippen LogP contribution < -0.4 is 0 Å². The molecule has 1 spiro atoms. The number of likely N-dealkylation sites (tertiary alicyclic amines) is 2. The molecule has 26 heavy (non-hydrogen) atoms. The number of carbonyl (C=O) groups is 1. The van der Waals surface area contributed by atoms with Gasteiger partial charge in [0.1, 0.15) is 6.61 Å². The highest BCUT2D eigenvalue weighted by molar-refractivity contribution is 5.77. The lowest BCUT2D eigenvalue weighted by Crippen LogP contribution is -2.65. The van der Waals surface area contributed by atoms with E-state index in [4.69, 9.17) is 9.47 Å². The second-order valence-electron chi connectivity index (χ2n) is 7.89. The Hall–Kier alpha value is -1.44. The van der Waals surface area contributed by atoms with Crippen LogP contribution in [0.25, 0.3) is 0 Å². The van der Waals surface area contributed by atoms with Crippen molar-refractivity contribution in [3.05, 3.63) is 18.0 Å². The first kappa shape index (κ1) is 17.9. The molecule has 7 nitrogen and oxygen atoms in total. The summed E-state index contributed by atoms with van der Waals surface area (Å²) >= 11 is 0. The maximum atomic E-state index is 12.2. The van der Waals surface area contributed by atoms with E-state index in [0.29, 0.717) is 0 Å². The van der Waals surface area contributed by atoms with Gasteiger partial charge < -0.3 is 14.4 Å². The van der Waals surface area contributed by atoms with Gasteiger partial charge in [0.05, 0.1) is 17.9 Å². The van der Waals surface area contributed by atoms with Crippen molar-refractivity contribution in [2.45, 2.75) is 57.4 Å². The van der Waals surface area contributed by atoms with Crippen molar-refractivity contribution in [2.24, 2.45) is 0 Å². The summed E-state index contributed by atoms with van der Waals surface area (Å²) in [6.45, 7) is 8.53. The van der Waals surface area contributed by atoms with Gasteiger partial charge in [-0.15, -0.1) is 0 Å². The van der Waals surface area contributed by atoms with Crippen molar-refractivity contribution < 1.29 is 14.3 Å². The Labute approximate surface area is 155 Å². The first-order valence-corrected chi connectivity index (χ1v) is 9.93. The Bertz CT molecular complexity index is 620. The van der Waals surface area contributed by atoms with Crippen LogP contribution in [-0.2, 0) is 27.4 Å². The van der Waals surface area contributed by atoms with Crippen LogP contribution in [0.15, 0.2) is 12.4 Å². The smallest absolute Gasteiger partial charge is 0.248 e. The maximum absolute atomic E-state index is 12.2. The van der Waals surface area contributed by atoms with Crippen LogP contribution in [0.5, 0.6) is 0 Å². The molecule has 1 aromatic rings. The fourth-order valence-electron chi connectivity index (χ4n) is 4.39. The van der Waals surface area contributed by atoms with E-state index in [2.05, 4.69) is 23.1 Å². The molecule has 0 aliphatic carbocycles. The Morgan fingerprint density at radius 2 is 2.19 bits per heavy atom. The van der Waals surface area contributed by atoms with Crippen molar-refractivity contribution in [1.29, 1.82) is 0 Å². The number of aromatic nitrogens is 2. The summed E-state index contributed by atoms with van der Waals surface area (Å²) < 4.78 is 14.0. The van der Waals surface area contributed by atoms with Crippen LogP contribution in [0.2, 0.25) is 0 Å². The zero-order valence-corrected chi connectivity index (χ0v) is 15.7. The minimum absolute atomic E-state index is 0.0830. The molecule has 0 bridgehead atoms. The number of nitrogens with zero attached hydrogens (tertiary/aromatic N) is 4. The summed E-state index contributed by atoms with van der Waals surface area (Å²) in [5.41, 5.74) is 1.17. The third-order valence-electron chi connectivity index (χ3n) is 5.79. The van der Waals surface area contributed by atoms with Gasteiger partial charge in [0.15, 0.2) is 0 Å². The molecule has 0 unspecified atom stereocenters. The SMILES string of the molecule is CCn1cc(CN2CC3(C[C@H](OCC(=O)N4CCCC4)CCO3)C2)cn1. The average Bonchev–Trinajstić information content (AvgIpc) is 3.30. The minimum atomic E-state index is -0.0830. The van der Waals surface area contributed by atoms with Gasteiger partial charge in [0.2, 0.25) is 5.91 Å². The van der Waals surface area contributed by atoms with Gasteiger partial charge in [-0.2, -0.15) is 5.10 Å². The van der Waals surface area contributed by atoms with E-state index in [0.717, 1.165) is 71.6 Å². The van der Waals surface area contributed by atoms with E-state index in [1.807, 2.05) is 15.8 Å². The molecule has 3 aliphatic heterocycles. The highest BCUT2D eigenvalue weighted by Crippen LogP contribution is 2.36. The van der Waals surface area contributed by atoms with Crippen molar-refractivity contribution in [1.82, 2.24) is 19.6 Å². The summed E-state index contributed by atoms with van der Waals surface area (Å²) in [4.78, 5) is 16.5. The summed E-state index contributed by atoms with van der Waals surface area (Å²) in [5.74, 6) is 0.145. The number of ether oxygens (including phenoxy) is 2. The Morgan fingerprint density at radius 1 is 1.38 bits per heavy atom. The van der Waals surface area contributed by atoms with Gasteiger partial charge in [-0.25, -0.2) is 0 Å². The van der Waals surface area contributed by atoms with Crippen LogP contribution in [0, 0.1) is 0 Å². The van der Waals surface area contributed by atoms with Gasteiger partial charge >= 0.3 is 0 Å². The lowest BCUT2D eigenvalue weighted by atomic mass is 9.84. The number of hydrogen-bond donors (Lipinski definition) is 0. The van der Waals surface area contributed by atoms with Crippen LogP contribution in [-0.4, -0.2) is 76.6 Å². The summed E-state index contributed by atoms with van der Waals surface area (Å²) in [5, 5.41) is 4.34. The molecule has 1 amide bonds. The van der Waals surface area contributed by atoms with Gasteiger partial charge in [-0.1, -0.05) is 0 Å². The molecule has 0 aromatic carbocycles. The largest absolute Gasteiger partial charge is 0.372 e. The zero-order chi connectivity index (χ0) is 18.0. The van der Waals surface area contributed by atoms with Crippen LogP contribution >= 0.6 is 0 Å². The lowest BCUT2D eigenvalue weighted by Gasteiger charge is -2.53. The predicted molar refractivity (Wildman–Crippen MR) is 96.6 cm³/mol. The van der Waals surface area contributed by atoms with E-state index >= 15 is 0 Å². The first-order chi connectivity index (χ1) is 12.7. The molecule has 0 N–H and O–H groups in total. The molecule has 3 aliphatic rings. The fraction of sp³-hybridized carbons (Fsp3) is 0.789. The predicted octanol–water partition coefficient (Wildman–Crippen LogP) is 1.28. The lowest BCUT2D eigenvalue weighted by molar-refractivity contribution is -0.200. The number of hydrogen-bond acceptors (Lipinski definition) is 5. The molecule has 4 rings (SSSR count). The molecule has 7 heteroatoms. The molecule has 1 atom stereocenters. The quantitative estimate of drug-likeness (QED) is 0.763. The van der Waals surface area contributed by atoms with E-state index in [-0.39, 0.29) is 24.2 Å². The standard InChI is InChI=1S/C19H30N4O3/c1-2-23-12-16(10-20-23)11-21-14-19(15-21)9-17(5-8-26-19)25-13-18(24)22-6-3-4-7-22/h10,12,17H,2-9,11,13-15H2,1H3/t17-/m1/s1. The molecule has 3 fully saturated rings. The van der Waals surface area contributed by atoms with Gasteiger partial charge in [0, 0.05) is 64.1 Å². The number of rotatable bonds is 6. The summed E-state index contributed by atoms with van der Waals surface area (Å²) in [6.07, 6.45) is 8.23. The summed E-state index contributed by atoms with van der Waals surface area (Å²) in [6, 6.07) is 0. The second kappa shape index (κ2) is 7.66. The van der Waals surface area contributed by atoms with Crippen LogP contribution in [0.1, 0.15) is 38.2 Å². The minimum Gasteiger partial charge on any atom is -0.372 e. The van der Waals surface area contributed by atoms with Crippen molar-refractivity contribution in [3.8, 4) is 0 Å². The van der Waals surface area contributed by atoms with Crippen LogP contribution in [0.3, 0.4) is 0 Å². The molecule has 1 aromatic heterocycles. The number of aryl methyl sites for hydroxylation is 1. The van der Waals surface area contributed by atoms with Crippen molar-refractivity contribution >= 4 is 5.91 Å². The Balaban J connectivity index is 1.22. The second-order valence-corrected chi connectivity index (χ2v) is 7.89. The topological polar surface area (TPSA) is 59.8 Å². The highest BCUT2D eigenvalue weighted by Gasteiger charge is 2.47. The van der Waals surface area contributed by atoms with Gasteiger partial charge in [-0.05, 0) is 26.2 Å². The fourth-order valence-corrected chi connectivity index (χ4v) is 4.39. The van der Waals surface area contributed by atoms with Crippen molar-refractivity contribution in [2.75, 3.05) is 39.4 Å². The molecule has 3 saturated heterocycles. The molecule has 4 heterocycles. The molecular weight excluding hydrogens is 332 g/mol. The third kappa shape index (κ3) is 3.94. The molecular formula is C19H30N4O3. The maximum Gasteiger partial charge on any atom is 0.248 e. The van der Waals surface area contributed by atoms with Crippen molar-refractivity contribution in [3.63, 3.8) is 0 Å². The van der Waals surface area contributed by atoms with Gasteiger partial charge in [0.25, 0.3) is 0 Å². The third-order valence-corrected chi connectivity index (χ3v) is 5.79. The first-order valence-electron chi connectivity index (χ1n) is 9.93. The molecule has 0 radical (unpaired) electrons. The average molecular weight is 362 g/mol. The normalized spacial score (nSPS) is 25.6. The molecule has 144 valence electrons. The number of amides is 1. The Kier molecular flexibility index (Phi) is 5.29. The van der Waals surface area contributed by atoms with E-state index in [1.165, 1.54) is 5.56 Å². The summed E-state index contributed by atoms with van der Waals surface area (Å²) in [7, 11) is 0. The van der Waals surface area contributed by atoms with E-state index in [9.17, 15) is 4.79 Å². The van der Waals surface area contributed by atoms with Crippen LogP contribution in [0.4, 0.5) is 0 Å². The zero-order valence-electron chi connectivity index (χ0n) is 15.7.